The fraction of sp³-hybridized carbons (Fsp3) is 0. The minimum absolute atomic E-state index is 0.554. The van der Waals surface area contributed by atoms with Gasteiger partial charge in [0.1, 0.15) is 0 Å². The Kier molecular flexibility index (Phi) is 13.0. The second-order valence-electron chi connectivity index (χ2n) is 4.51. The Labute approximate surface area is 182 Å². The SMILES string of the molecule is O=S([O-])O.[O]=[V].c1cnc(-c2ncccn2)nc1.c1cnc(-c2ncccn2)nc1. The molecule has 0 aliphatic rings. The first-order valence-electron chi connectivity index (χ1n) is 7.72. The first-order valence-corrected chi connectivity index (χ1v) is 9.32. The van der Waals surface area contributed by atoms with E-state index in [4.69, 9.17) is 17.0 Å². The van der Waals surface area contributed by atoms with Crippen LogP contribution < -0.4 is 0 Å². The van der Waals surface area contributed by atoms with Gasteiger partial charge in [-0.15, -0.1) is 0 Å². The summed E-state index contributed by atoms with van der Waals surface area (Å²) < 4.78 is 32.3. The van der Waals surface area contributed by atoms with Gasteiger partial charge in [0, 0.05) is 49.6 Å². The first kappa shape index (κ1) is 24.8. The molecule has 0 amide bonds. The van der Waals surface area contributed by atoms with E-state index in [1.54, 1.807) is 73.8 Å². The summed E-state index contributed by atoms with van der Waals surface area (Å²) in [5, 5.41) is 0. The third-order valence-electron chi connectivity index (χ3n) is 2.66. The van der Waals surface area contributed by atoms with Crippen LogP contribution in [0.25, 0.3) is 23.3 Å². The molecular formula is C16H13N8O4SV-. The van der Waals surface area contributed by atoms with Crippen molar-refractivity contribution in [3.05, 3.63) is 73.8 Å². The van der Waals surface area contributed by atoms with Crippen LogP contribution in [0.15, 0.2) is 73.8 Å². The first-order chi connectivity index (χ1) is 14.7. The van der Waals surface area contributed by atoms with Crippen molar-refractivity contribution in [3.8, 4) is 23.3 Å². The monoisotopic (exact) mass is 464 g/mol. The molecule has 0 aromatic carbocycles. The molecule has 4 rings (SSSR count). The maximum Gasteiger partial charge on any atom is 0.197 e. The van der Waals surface area contributed by atoms with Gasteiger partial charge in [-0.2, -0.15) is 0 Å². The number of nitrogens with zero attached hydrogens (tertiary/aromatic N) is 8. The van der Waals surface area contributed by atoms with Gasteiger partial charge >= 0.3 is 21.0 Å². The molecule has 0 saturated carbocycles. The second-order valence-corrected chi connectivity index (χ2v) is 4.94. The molecule has 0 bridgehead atoms. The third kappa shape index (κ3) is 10.4. The van der Waals surface area contributed by atoms with Gasteiger partial charge in [0.25, 0.3) is 0 Å². The molecule has 0 aliphatic carbocycles. The molecule has 153 valence electrons. The summed E-state index contributed by atoms with van der Waals surface area (Å²) in [4.78, 5) is 32.1. The Morgan fingerprint density at radius 2 is 0.700 bits per heavy atom. The van der Waals surface area contributed by atoms with E-state index in [1.165, 1.54) is 0 Å². The number of hydrogen-bond donors (Lipinski definition) is 1. The maximum absolute atomic E-state index is 8.56. The molecule has 0 spiro atoms. The van der Waals surface area contributed by atoms with E-state index in [-0.39, 0.29) is 0 Å². The Hall–Kier alpha value is -3.23. The summed E-state index contributed by atoms with van der Waals surface area (Å²) in [5.41, 5.74) is 0. The Morgan fingerprint density at radius 3 is 0.833 bits per heavy atom. The fourth-order valence-corrected chi connectivity index (χ4v) is 1.66. The molecule has 0 aliphatic heterocycles. The molecule has 1 unspecified atom stereocenters. The van der Waals surface area contributed by atoms with Gasteiger partial charge < -0.3 is 9.11 Å². The average molecular weight is 464 g/mol. The standard InChI is InChI=1S/2C8H6N4.H2O3S.O.V/c2*1-3-9-7(10-4-1)8-11-5-2-6-12-8;1-4(2)3;;/h2*1-6H;(H2,1,2,3);;/p-1. The van der Waals surface area contributed by atoms with Crippen molar-refractivity contribution in [1.29, 1.82) is 0 Å². The van der Waals surface area contributed by atoms with E-state index in [0.717, 1.165) is 17.4 Å². The van der Waals surface area contributed by atoms with E-state index in [9.17, 15) is 0 Å². The van der Waals surface area contributed by atoms with Gasteiger partial charge in [0.05, 0.1) is 11.4 Å². The molecule has 30 heavy (non-hydrogen) atoms. The fourth-order valence-electron chi connectivity index (χ4n) is 1.66. The summed E-state index contributed by atoms with van der Waals surface area (Å²) in [5.74, 6) is 2.22. The van der Waals surface area contributed by atoms with Crippen LogP contribution in [0.3, 0.4) is 0 Å². The van der Waals surface area contributed by atoms with Gasteiger partial charge in [-0.25, -0.2) is 44.1 Å². The van der Waals surface area contributed by atoms with Crippen molar-refractivity contribution in [2.75, 3.05) is 0 Å². The van der Waals surface area contributed by atoms with Gasteiger partial charge in [-0.05, 0) is 24.3 Å². The molecule has 0 saturated heterocycles. The minimum Gasteiger partial charge on any atom is -0.234 e. The van der Waals surface area contributed by atoms with Gasteiger partial charge in [0.2, 0.25) is 0 Å². The van der Waals surface area contributed by atoms with Crippen LogP contribution in [0.4, 0.5) is 0 Å². The van der Waals surface area contributed by atoms with E-state index in [0.29, 0.717) is 23.3 Å². The van der Waals surface area contributed by atoms with Crippen molar-refractivity contribution >= 4 is 11.4 Å². The molecule has 4 aromatic rings. The minimum atomic E-state index is -2.86. The van der Waals surface area contributed by atoms with Crippen molar-refractivity contribution in [2.24, 2.45) is 0 Å². The summed E-state index contributed by atoms with van der Waals surface area (Å²) in [6, 6.07) is 7.03. The van der Waals surface area contributed by atoms with Crippen LogP contribution in [0.1, 0.15) is 0 Å². The summed E-state index contributed by atoms with van der Waals surface area (Å²) in [6.07, 6.45) is 13.3. The summed E-state index contributed by atoms with van der Waals surface area (Å²) >= 11 is -1.80. The normalized spacial score (nSPS) is 9.90. The van der Waals surface area contributed by atoms with Crippen LogP contribution in [-0.2, 0) is 32.4 Å². The summed E-state index contributed by atoms with van der Waals surface area (Å²) in [6.45, 7) is 0. The van der Waals surface area contributed by atoms with Crippen molar-refractivity contribution in [2.45, 2.75) is 0 Å². The summed E-state index contributed by atoms with van der Waals surface area (Å²) in [7, 11) is 0. The topological polar surface area (TPSA) is 181 Å². The molecular weight excluding hydrogens is 451 g/mol. The van der Waals surface area contributed by atoms with E-state index in [1.807, 2.05) is 0 Å². The van der Waals surface area contributed by atoms with Crippen LogP contribution >= 0.6 is 0 Å². The Morgan fingerprint density at radius 1 is 0.567 bits per heavy atom. The molecule has 1 N–H and O–H groups in total. The van der Waals surface area contributed by atoms with Gasteiger partial charge in [0.15, 0.2) is 23.3 Å². The zero-order chi connectivity index (χ0) is 22.0. The second kappa shape index (κ2) is 15.7. The van der Waals surface area contributed by atoms with E-state index < -0.39 is 11.4 Å². The predicted octanol–water partition coefficient (Wildman–Crippen LogP) is 1.08. The Balaban J connectivity index is 0.000000239. The van der Waals surface area contributed by atoms with Crippen LogP contribution in [0, 0.1) is 0 Å². The number of aromatic nitrogens is 8. The van der Waals surface area contributed by atoms with Crippen molar-refractivity contribution < 1.29 is 34.4 Å². The van der Waals surface area contributed by atoms with Gasteiger partial charge in [-0.3, -0.25) is 0 Å². The zero-order valence-electron chi connectivity index (χ0n) is 15.0. The van der Waals surface area contributed by atoms with Crippen LogP contribution in [-0.4, -0.2) is 53.2 Å². The zero-order valence-corrected chi connectivity index (χ0v) is 17.2. The van der Waals surface area contributed by atoms with E-state index >= 15 is 0 Å². The van der Waals surface area contributed by atoms with Crippen LogP contribution in [0.5, 0.6) is 0 Å². The molecule has 0 fully saturated rings. The number of rotatable bonds is 2. The van der Waals surface area contributed by atoms with Crippen molar-refractivity contribution in [3.63, 3.8) is 0 Å². The smallest absolute Gasteiger partial charge is 0.197 e. The molecule has 4 aromatic heterocycles. The number of hydrogen-bond acceptors (Lipinski definition) is 11. The molecule has 4 heterocycles. The largest absolute Gasteiger partial charge is 0.234 e. The third-order valence-corrected chi connectivity index (χ3v) is 2.66. The molecule has 14 heteroatoms. The molecule has 0 radical (unpaired) electrons. The average Bonchev–Trinajstić information content (AvgIpc) is 2.83. The van der Waals surface area contributed by atoms with Crippen LogP contribution in [0.2, 0.25) is 0 Å². The predicted molar refractivity (Wildman–Crippen MR) is 98.4 cm³/mol. The van der Waals surface area contributed by atoms with E-state index in [2.05, 4.69) is 39.9 Å². The van der Waals surface area contributed by atoms with Gasteiger partial charge in [-0.1, -0.05) is 0 Å². The molecule has 12 nitrogen and oxygen atoms in total. The van der Waals surface area contributed by atoms with Crippen molar-refractivity contribution in [1.82, 2.24) is 39.9 Å². The molecule has 1 atom stereocenters. The maximum atomic E-state index is 8.56. The Bertz CT molecular complexity index is 821. The quantitative estimate of drug-likeness (QED) is 0.418.